The van der Waals surface area contributed by atoms with E-state index >= 15 is 0 Å². The van der Waals surface area contributed by atoms with Gasteiger partial charge in [-0.25, -0.2) is 0 Å². The number of amides is 2. The van der Waals surface area contributed by atoms with Gasteiger partial charge in [0.2, 0.25) is 5.91 Å². The summed E-state index contributed by atoms with van der Waals surface area (Å²) in [5.41, 5.74) is 0.742. The third-order valence-corrected chi connectivity index (χ3v) is 8.86. The molecule has 8 nitrogen and oxygen atoms in total. The topological polar surface area (TPSA) is 96.4 Å². The van der Waals surface area contributed by atoms with Crippen LogP contribution < -0.4 is 4.90 Å². The van der Waals surface area contributed by atoms with E-state index in [1.54, 1.807) is 11.8 Å². The normalized spacial score (nSPS) is 32.1. The Kier molecular flexibility index (Phi) is 6.43. The number of nitrogens with zero attached hydrogens (tertiary/aromatic N) is 2. The van der Waals surface area contributed by atoms with Gasteiger partial charge in [0.05, 0.1) is 30.8 Å². The first-order valence-corrected chi connectivity index (χ1v) is 13.8. The minimum atomic E-state index is -1.44. The number of ether oxygens (including phenoxy) is 2. The molecule has 0 radical (unpaired) electrons. The van der Waals surface area contributed by atoms with Crippen molar-refractivity contribution in [2.24, 2.45) is 11.8 Å². The van der Waals surface area contributed by atoms with Gasteiger partial charge in [-0.05, 0) is 43.9 Å². The summed E-state index contributed by atoms with van der Waals surface area (Å²) in [6.07, 6.45) is 7.95. The van der Waals surface area contributed by atoms with Crippen LogP contribution in [0, 0.1) is 25.7 Å². The van der Waals surface area contributed by atoms with Gasteiger partial charge in [-0.2, -0.15) is 0 Å². The molecule has 208 valence electrons. The lowest BCUT2D eigenvalue weighted by Gasteiger charge is -2.40. The molecule has 40 heavy (non-hydrogen) atoms. The molecule has 6 atom stereocenters. The lowest BCUT2D eigenvalue weighted by atomic mass is 9.74. The van der Waals surface area contributed by atoms with E-state index < -0.39 is 53.6 Å². The Bertz CT molecular complexity index is 1400. The first-order chi connectivity index (χ1) is 19.2. The predicted octanol–water partition coefficient (Wildman–Crippen LogP) is 3.41. The van der Waals surface area contributed by atoms with Crippen LogP contribution in [0.5, 0.6) is 0 Å². The molecule has 2 fully saturated rings. The van der Waals surface area contributed by atoms with Crippen molar-refractivity contribution in [3.05, 3.63) is 89.5 Å². The molecule has 0 aliphatic carbocycles. The number of aliphatic hydroxyl groups excluding tert-OH is 1. The Balaban J connectivity index is 1.56. The minimum absolute atomic E-state index is 0.210. The lowest BCUT2D eigenvalue weighted by molar-refractivity contribution is -0.160. The van der Waals surface area contributed by atoms with Crippen LogP contribution in [-0.2, 0) is 23.9 Å². The molecule has 2 saturated heterocycles. The van der Waals surface area contributed by atoms with Gasteiger partial charge in [0.1, 0.15) is 17.6 Å². The number of rotatable bonds is 4. The maximum absolute atomic E-state index is 14.8. The SMILES string of the molecule is Cc1cccc(C)c1N1CC=C[C@]23O[C@@]4(C)C=CCCOC(=O)[C@H]4[C@H]2C(=O)N([C@H](CO)c2ccccc2)C3C1=O. The van der Waals surface area contributed by atoms with E-state index in [1.165, 1.54) is 4.90 Å². The van der Waals surface area contributed by atoms with Crippen LogP contribution in [0.15, 0.2) is 72.8 Å². The number of esters is 1. The number of likely N-dealkylation sites (tertiary alicyclic amines) is 1. The average molecular weight is 543 g/mol. The molecule has 4 aliphatic rings. The van der Waals surface area contributed by atoms with Gasteiger partial charge in [0.25, 0.3) is 5.91 Å². The van der Waals surface area contributed by atoms with E-state index in [-0.39, 0.29) is 19.1 Å². The molecule has 4 aliphatic heterocycles. The highest BCUT2D eigenvalue weighted by molar-refractivity contribution is 6.06. The summed E-state index contributed by atoms with van der Waals surface area (Å²) >= 11 is 0. The van der Waals surface area contributed by atoms with Gasteiger partial charge < -0.3 is 24.4 Å². The fraction of sp³-hybridized carbons (Fsp3) is 0.406. The second kappa shape index (κ2) is 9.71. The monoisotopic (exact) mass is 542 g/mol. The molecule has 0 aromatic heterocycles. The van der Waals surface area contributed by atoms with E-state index in [9.17, 15) is 19.5 Å². The second-order valence-corrected chi connectivity index (χ2v) is 11.3. The standard InChI is InChI=1S/C32H34N2O6/c1-20-11-9-12-21(2)26(20)33-17-10-16-32-24(25-30(38)39-18-8-7-15-31(25,3)40-32)28(36)34(27(32)29(33)37)23(19-35)22-13-5-4-6-14-22/h4-7,9-16,23-25,27,35H,8,17-19H2,1-3H3/t23-,24+,25-,27?,31+,32+/m1/s1. The third kappa shape index (κ3) is 3.77. The molecule has 6 rings (SSSR count). The van der Waals surface area contributed by atoms with Crippen LogP contribution in [0.2, 0.25) is 0 Å². The average Bonchev–Trinajstić information content (AvgIpc) is 3.25. The molecule has 1 spiro atoms. The molecule has 1 N–H and O–H groups in total. The Hall–Kier alpha value is -3.75. The number of hydrogen-bond donors (Lipinski definition) is 1. The van der Waals surface area contributed by atoms with Crippen molar-refractivity contribution in [2.75, 3.05) is 24.7 Å². The van der Waals surface area contributed by atoms with Crippen LogP contribution in [0.25, 0.3) is 0 Å². The Morgan fingerprint density at radius 2 is 1.68 bits per heavy atom. The number of carbonyl (C=O) groups excluding carboxylic acids is 3. The molecule has 8 heteroatoms. The maximum atomic E-state index is 14.8. The van der Waals surface area contributed by atoms with E-state index in [0.29, 0.717) is 12.0 Å². The summed E-state index contributed by atoms with van der Waals surface area (Å²) in [5.74, 6) is -3.20. The van der Waals surface area contributed by atoms with Crippen LogP contribution in [0.1, 0.15) is 36.1 Å². The maximum Gasteiger partial charge on any atom is 0.313 e. The molecule has 0 saturated carbocycles. The van der Waals surface area contributed by atoms with Crippen molar-refractivity contribution >= 4 is 23.5 Å². The van der Waals surface area contributed by atoms with Crippen molar-refractivity contribution in [1.29, 1.82) is 0 Å². The minimum Gasteiger partial charge on any atom is -0.465 e. The van der Waals surface area contributed by atoms with Crippen molar-refractivity contribution in [2.45, 2.75) is 50.5 Å². The fourth-order valence-corrected chi connectivity index (χ4v) is 7.22. The fourth-order valence-electron chi connectivity index (χ4n) is 7.22. The van der Waals surface area contributed by atoms with E-state index in [2.05, 4.69) is 0 Å². The van der Waals surface area contributed by atoms with Crippen LogP contribution >= 0.6 is 0 Å². The number of aryl methyl sites for hydroxylation is 2. The number of fused-ring (bicyclic) bond motifs is 2. The zero-order valence-corrected chi connectivity index (χ0v) is 22.9. The number of benzene rings is 2. The van der Waals surface area contributed by atoms with Crippen molar-refractivity contribution < 1.29 is 29.0 Å². The summed E-state index contributed by atoms with van der Waals surface area (Å²) < 4.78 is 12.4. The highest BCUT2D eigenvalue weighted by Crippen LogP contribution is 2.58. The first kappa shape index (κ1) is 26.5. The number of aliphatic hydroxyl groups is 1. The zero-order valence-electron chi connectivity index (χ0n) is 22.9. The zero-order chi connectivity index (χ0) is 28.2. The highest BCUT2D eigenvalue weighted by atomic mass is 16.6. The molecular weight excluding hydrogens is 508 g/mol. The summed E-state index contributed by atoms with van der Waals surface area (Å²) in [5, 5.41) is 10.7. The highest BCUT2D eigenvalue weighted by Gasteiger charge is 2.75. The quantitative estimate of drug-likeness (QED) is 0.470. The summed E-state index contributed by atoms with van der Waals surface area (Å²) in [6.45, 7) is 5.78. The molecular formula is C32H34N2O6. The molecule has 2 amide bonds. The van der Waals surface area contributed by atoms with Crippen LogP contribution in [-0.4, -0.2) is 64.8 Å². The largest absolute Gasteiger partial charge is 0.465 e. The van der Waals surface area contributed by atoms with E-state index in [0.717, 1.165) is 16.8 Å². The Labute approximate surface area is 233 Å². The van der Waals surface area contributed by atoms with Gasteiger partial charge in [-0.1, -0.05) is 72.8 Å². The molecule has 2 aromatic rings. The number of anilines is 1. The van der Waals surface area contributed by atoms with Crippen molar-refractivity contribution in [1.82, 2.24) is 4.90 Å². The van der Waals surface area contributed by atoms with Gasteiger partial charge >= 0.3 is 5.97 Å². The lowest BCUT2D eigenvalue weighted by Crippen LogP contribution is -2.57. The molecule has 1 unspecified atom stereocenters. The van der Waals surface area contributed by atoms with Gasteiger partial charge in [-0.3, -0.25) is 14.4 Å². The summed E-state index contributed by atoms with van der Waals surface area (Å²) in [4.78, 5) is 46.1. The van der Waals surface area contributed by atoms with Gasteiger partial charge in [0, 0.05) is 12.2 Å². The Morgan fingerprint density at radius 3 is 2.38 bits per heavy atom. The molecule has 2 aromatic carbocycles. The number of hydrogen-bond acceptors (Lipinski definition) is 6. The number of carbonyl (C=O) groups is 3. The summed E-state index contributed by atoms with van der Waals surface area (Å²) in [6, 6.07) is 13.1. The van der Waals surface area contributed by atoms with Gasteiger partial charge in [-0.15, -0.1) is 0 Å². The predicted molar refractivity (Wildman–Crippen MR) is 148 cm³/mol. The van der Waals surface area contributed by atoms with E-state index in [1.807, 2.05) is 86.7 Å². The molecule has 4 heterocycles. The first-order valence-electron chi connectivity index (χ1n) is 13.8. The second-order valence-electron chi connectivity index (χ2n) is 11.3. The van der Waals surface area contributed by atoms with Crippen LogP contribution in [0.3, 0.4) is 0 Å². The molecule has 0 bridgehead atoms. The van der Waals surface area contributed by atoms with Gasteiger partial charge in [0.15, 0.2) is 0 Å². The number of cyclic esters (lactones) is 1. The number of para-hydroxylation sites is 1. The summed E-state index contributed by atoms with van der Waals surface area (Å²) in [7, 11) is 0. The Morgan fingerprint density at radius 1 is 0.950 bits per heavy atom. The third-order valence-electron chi connectivity index (χ3n) is 8.86. The van der Waals surface area contributed by atoms with Crippen LogP contribution in [0.4, 0.5) is 5.69 Å². The van der Waals surface area contributed by atoms with Crippen molar-refractivity contribution in [3.8, 4) is 0 Å². The van der Waals surface area contributed by atoms with E-state index in [4.69, 9.17) is 9.47 Å². The van der Waals surface area contributed by atoms with Crippen molar-refractivity contribution in [3.63, 3.8) is 0 Å². The smallest absolute Gasteiger partial charge is 0.313 e.